The molecule has 0 saturated carbocycles. The minimum atomic E-state index is -0.454. The Morgan fingerprint density at radius 2 is 1.72 bits per heavy atom. The van der Waals surface area contributed by atoms with Crippen LogP contribution in [0.4, 0.5) is 4.79 Å². The molecule has 0 atom stereocenters. The molecule has 178 valence electrons. The lowest BCUT2D eigenvalue weighted by Gasteiger charge is -2.49. The Morgan fingerprint density at radius 3 is 2.25 bits per heavy atom. The summed E-state index contributed by atoms with van der Waals surface area (Å²) >= 11 is 6.08. The normalized spacial score (nSPS) is 20.8. The van der Waals surface area contributed by atoms with Crippen molar-refractivity contribution in [2.24, 2.45) is 11.1 Å². The molecule has 2 fully saturated rings. The predicted molar refractivity (Wildman–Crippen MR) is 129 cm³/mol. The van der Waals surface area contributed by atoms with Crippen molar-refractivity contribution in [3.63, 3.8) is 0 Å². The molecule has 0 aliphatic carbocycles. The van der Waals surface area contributed by atoms with E-state index in [0.29, 0.717) is 12.5 Å². The van der Waals surface area contributed by atoms with E-state index >= 15 is 0 Å². The Labute approximate surface area is 197 Å². The summed E-state index contributed by atoms with van der Waals surface area (Å²) < 4.78 is 5.55. The molecule has 0 aromatic heterocycles. The second-order valence-corrected chi connectivity index (χ2v) is 10.6. The van der Waals surface area contributed by atoms with E-state index in [9.17, 15) is 4.79 Å². The van der Waals surface area contributed by atoms with Crippen LogP contribution >= 0.6 is 11.6 Å². The number of halogens is 1. The molecule has 0 radical (unpaired) electrons. The van der Waals surface area contributed by atoms with E-state index in [2.05, 4.69) is 17.0 Å². The summed E-state index contributed by atoms with van der Waals surface area (Å²) in [7, 11) is 0. The SMILES string of the molecule is CCO/N=C(\c1ccc(Cl)cc1)C1CCN(C2(C)CCN(C(=O)OC(C)(C)C)CC2)CC1. The Kier molecular flexibility index (Phi) is 8.10. The summed E-state index contributed by atoms with van der Waals surface area (Å²) in [6, 6.07) is 7.88. The molecule has 0 spiro atoms. The van der Waals surface area contributed by atoms with Crippen LogP contribution in [-0.4, -0.2) is 65.5 Å². The number of nitrogens with zero attached hydrogens (tertiary/aromatic N) is 3. The highest BCUT2D eigenvalue weighted by molar-refractivity contribution is 6.30. The number of rotatable bonds is 5. The quantitative estimate of drug-likeness (QED) is 0.422. The number of oxime groups is 1. The Morgan fingerprint density at radius 1 is 1.12 bits per heavy atom. The van der Waals surface area contributed by atoms with Gasteiger partial charge in [0.15, 0.2) is 0 Å². The van der Waals surface area contributed by atoms with Gasteiger partial charge in [-0.2, -0.15) is 0 Å². The molecule has 7 heteroatoms. The third kappa shape index (κ3) is 6.38. The van der Waals surface area contributed by atoms with Gasteiger partial charge >= 0.3 is 6.09 Å². The van der Waals surface area contributed by atoms with Gasteiger partial charge in [-0.15, -0.1) is 0 Å². The smallest absolute Gasteiger partial charge is 0.410 e. The summed E-state index contributed by atoms with van der Waals surface area (Å²) in [4.78, 5) is 22.3. The van der Waals surface area contributed by atoms with Crippen molar-refractivity contribution < 1.29 is 14.4 Å². The molecule has 0 N–H and O–H groups in total. The van der Waals surface area contributed by atoms with Crippen LogP contribution in [0.25, 0.3) is 0 Å². The zero-order valence-corrected chi connectivity index (χ0v) is 21.0. The number of likely N-dealkylation sites (tertiary alicyclic amines) is 2. The van der Waals surface area contributed by atoms with E-state index in [1.165, 1.54) is 0 Å². The Balaban J connectivity index is 1.58. The molecule has 1 aromatic rings. The summed E-state index contributed by atoms with van der Waals surface area (Å²) in [5.41, 5.74) is 1.76. The Hall–Kier alpha value is -1.79. The fourth-order valence-electron chi connectivity index (χ4n) is 4.62. The topological polar surface area (TPSA) is 54.4 Å². The van der Waals surface area contributed by atoms with Crippen LogP contribution in [0.5, 0.6) is 0 Å². The third-order valence-electron chi connectivity index (χ3n) is 6.57. The number of amides is 1. The van der Waals surface area contributed by atoms with Crippen LogP contribution < -0.4 is 0 Å². The van der Waals surface area contributed by atoms with E-state index in [0.717, 1.165) is 68.2 Å². The van der Waals surface area contributed by atoms with Crippen molar-refractivity contribution >= 4 is 23.4 Å². The zero-order chi connectivity index (χ0) is 23.4. The van der Waals surface area contributed by atoms with Crippen LogP contribution in [-0.2, 0) is 9.57 Å². The first-order valence-electron chi connectivity index (χ1n) is 11.8. The maximum absolute atomic E-state index is 12.4. The molecule has 2 aliphatic heterocycles. The minimum absolute atomic E-state index is 0.112. The average molecular weight is 464 g/mol. The molecular weight excluding hydrogens is 426 g/mol. The maximum atomic E-state index is 12.4. The van der Waals surface area contributed by atoms with E-state index in [1.54, 1.807) is 0 Å². The van der Waals surface area contributed by atoms with Gasteiger partial charge in [0.2, 0.25) is 0 Å². The monoisotopic (exact) mass is 463 g/mol. The van der Waals surface area contributed by atoms with Crippen molar-refractivity contribution in [1.82, 2.24) is 9.80 Å². The summed E-state index contributed by atoms with van der Waals surface area (Å²) in [6.07, 6.45) is 3.82. The molecule has 2 saturated heterocycles. The number of hydrogen-bond acceptors (Lipinski definition) is 5. The number of ether oxygens (including phenoxy) is 1. The number of piperidine rings is 2. The Bertz CT molecular complexity index is 788. The van der Waals surface area contributed by atoms with Crippen LogP contribution in [0.3, 0.4) is 0 Å². The van der Waals surface area contributed by atoms with Crippen molar-refractivity contribution in [3.05, 3.63) is 34.9 Å². The van der Waals surface area contributed by atoms with Crippen LogP contribution in [0, 0.1) is 5.92 Å². The second kappa shape index (κ2) is 10.4. The second-order valence-electron chi connectivity index (χ2n) is 10.1. The number of carbonyl (C=O) groups is 1. The molecule has 2 aliphatic rings. The lowest BCUT2D eigenvalue weighted by atomic mass is 9.82. The van der Waals surface area contributed by atoms with Gasteiger partial charge in [-0.25, -0.2) is 4.79 Å². The summed E-state index contributed by atoms with van der Waals surface area (Å²) in [6.45, 7) is 14.1. The maximum Gasteiger partial charge on any atom is 0.410 e. The van der Waals surface area contributed by atoms with Gasteiger partial charge < -0.3 is 14.5 Å². The average Bonchev–Trinajstić information content (AvgIpc) is 2.75. The zero-order valence-electron chi connectivity index (χ0n) is 20.2. The van der Waals surface area contributed by atoms with Gasteiger partial charge in [0.25, 0.3) is 0 Å². The van der Waals surface area contributed by atoms with E-state index in [4.69, 9.17) is 21.2 Å². The van der Waals surface area contributed by atoms with Gasteiger partial charge in [-0.3, -0.25) is 4.90 Å². The first kappa shape index (κ1) is 24.8. The molecule has 6 nitrogen and oxygen atoms in total. The molecule has 0 bridgehead atoms. The molecular formula is C25H38ClN3O3. The number of hydrogen-bond donors (Lipinski definition) is 0. The summed E-state index contributed by atoms with van der Waals surface area (Å²) in [5.74, 6) is 0.365. The first-order chi connectivity index (χ1) is 15.1. The molecule has 1 amide bonds. The van der Waals surface area contributed by atoms with Crippen LogP contribution in [0.1, 0.15) is 65.9 Å². The minimum Gasteiger partial charge on any atom is -0.444 e. The number of carbonyl (C=O) groups excluding carboxylic acids is 1. The van der Waals surface area contributed by atoms with Crippen LogP contribution in [0.2, 0.25) is 5.02 Å². The van der Waals surface area contributed by atoms with Crippen molar-refractivity contribution in [1.29, 1.82) is 0 Å². The largest absolute Gasteiger partial charge is 0.444 e. The lowest BCUT2D eigenvalue weighted by Crippen LogP contribution is -2.57. The van der Waals surface area contributed by atoms with Gasteiger partial charge in [0.1, 0.15) is 12.2 Å². The molecule has 0 unspecified atom stereocenters. The first-order valence-corrected chi connectivity index (χ1v) is 12.2. The molecule has 2 heterocycles. The van der Waals surface area contributed by atoms with Crippen LogP contribution in [0.15, 0.2) is 29.4 Å². The van der Waals surface area contributed by atoms with Gasteiger partial charge in [0, 0.05) is 29.6 Å². The van der Waals surface area contributed by atoms with Crippen molar-refractivity contribution in [2.75, 3.05) is 32.8 Å². The standard InChI is InChI=1S/C25H38ClN3O3/c1-6-31-27-22(19-7-9-21(26)10-8-19)20-11-15-29(16-12-20)25(5)13-17-28(18-14-25)23(30)32-24(2,3)4/h7-10,20H,6,11-18H2,1-5H3/b27-22+. The molecule has 1 aromatic carbocycles. The fourth-order valence-corrected chi connectivity index (χ4v) is 4.75. The van der Waals surface area contributed by atoms with E-state index in [1.807, 2.05) is 56.9 Å². The third-order valence-corrected chi connectivity index (χ3v) is 6.82. The van der Waals surface area contributed by atoms with E-state index in [-0.39, 0.29) is 11.6 Å². The van der Waals surface area contributed by atoms with Crippen molar-refractivity contribution in [2.45, 2.75) is 71.4 Å². The highest BCUT2D eigenvalue weighted by Gasteiger charge is 2.40. The van der Waals surface area contributed by atoms with E-state index < -0.39 is 5.60 Å². The van der Waals surface area contributed by atoms with Gasteiger partial charge in [0.05, 0.1) is 5.71 Å². The molecule has 3 rings (SSSR count). The molecule has 32 heavy (non-hydrogen) atoms. The lowest BCUT2D eigenvalue weighted by molar-refractivity contribution is -0.00828. The highest BCUT2D eigenvalue weighted by Crippen LogP contribution is 2.34. The van der Waals surface area contributed by atoms with Crippen molar-refractivity contribution in [3.8, 4) is 0 Å². The highest BCUT2D eigenvalue weighted by atomic mass is 35.5. The van der Waals surface area contributed by atoms with Gasteiger partial charge in [-0.1, -0.05) is 28.9 Å². The predicted octanol–water partition coefficient (Wildman–Crippen LogP) is 5.58. The fraction of sp³-hybridized carbons (Fsp3) is 0.680. The van der Waals surface area contributed by atoms with Gasteiger partial charge in [-0.05, 0) is 91.1 Å². The summed E-state index contributed by atoms with van der Waals surface area (Å²) in [5, 5.41) is 5.20. The number of benzene rings is 1.